The molecule has 0 radical (unpaired) electrons. The number of hydrogen-bond acceptors (Lipinski definition) is 4. The normalized spacial score (nSPS) is 11.5. The lowest BCUT2D eigenvalue weighted by Crippen LogP contribution is -2.33. The van der Waals surface area contributed by atoms with E-state index in [4.69, 9.17) is 15.2 Å². The first-order chi connectivity index (χ1) is 12.3. The van der Waals surface area contributed by atoms with Gasteiger partial charge in [-0.15, -0.1) is 0 Å². The lowest BCUT2D eigenvalue weighted by Gasteiger charge is -2.25. The summed E-state index contributed by atoms with van der Waals surface area (Å²) in [6.45, 7) is 1.56. The van der Waals surface area contributed by atoms with Gasteiger partial charge in [0.05, 0.1) is 18.7 Å². The number of halogens is 1. The van der Waals surface area contributed by atoms with Crippen molar-refractivity contribution in [1.29, 1.82) is 0 Å². The van der Waals surface area contributed by atoms with E-state index in [2.05, 4.69) is 0 Å². The largest absolute Gasteiger partial charge is 0.497 e. The third-order valence-electron chi connectivity index (χ3n) is 4.13. The highest BCUT2D eigenvalue weighted by Crippen LogP contribution is 2.24. The zero-order valence-electron chi connectivity index (χ0n) is 14.9. The van der Waals surface area contributed by atoms with E-state index < -0.39 is 5.91 Å². The molecule has 2 aromatic rings. The van der Waals surface area contributed by atoms with Gasteiger partial charge in [-0.3, -0.25) is 9.59 Å². The summed E-state index contributed by atoms with van der Waals surface area (Å²) in [7, 11) is 3.10. The van der Waals surface area contributed by atoms with Gasteiger partial charge in [-0.05, 0) is 42.8 Å². The van der Waals surface area contributed by atoms with Crippen LogP contribution in [-0.4, -0.2) is 37.5 Å². The fraction of sp³-hybridized carbons (Fsp3) is 0.263. The fourth-order valence-electron chi connectivity index (χ4n) is 2.38. The molecule has 0 bridgehead atoms. The van der Waals surface area contributed by atoms with Crippen LogP contribution in [0.15, 0.2) is 42.5 Å². The van der Waals surface area contributed by atoms with Crippen LogP contribution in [0.3, 0.4) is 0 Å². The van der Waals surface area contributed by atoms with Crippen LogP contribution in [0.1, 0.15) is 28.9 Å². The highest BCUT2D eigenvalue weighted by atomic mass is 19.1. The highest BCUT2D eigenvalue weighted by Gasteiger charge is 2.19. The van der Waals surface area contributed by atoms with Crippen molar-refractivity contribution >= 4 is 11.8 Å². The average molecular weight is 360 g/mol. The smallest absolute Gasteiger partial charge is 0.260 e. The van der Waals surface area contributed by atoms with Gasteiger partial charge < -0.3 is 20.1 Å². The van der Waals surface area contributed by atoms with Crippen LogP contribution in [0, 0.1) is 5.82 Å². The second kappa shape index (κ2) is 8.33. The van der Waals surface area contributed by atoms with Crippen LogP contribution in [0.5, 0.6) is 11.5 Å². The summed E-state index contributed by atoms with van der Waals surface area (Å²) in [6, 6.07) is 10.3. The van der Waals surface area contributed by atoms with Gasteiger partial charge in [0.1, 0.15) is 17.3 Å². The number of likely N-dealkylation sites (N-methyl/N-ethyl adjacent to an activating group) is 1. The maximum Gasteiger partial charge on any atom is 0.260 e. The van der Waals surface area contributed by atoms with E-state index in [0.717, 1.165) is 5.56 Å². The zero-order chi connectivity index (χ0) is 19.3. The minimum absolute atomic E-state index is 0.131. The Bertz CT molecular complexity index is 793. The maximum absolute atomic E-state index is 13.0. The average Bonchev–Trinajstić information content (AvgIpc) is 2.65. The molecule has 0 saturated heterocycles. The van der Waals surface area contributed by atoms with E-state index in [1.165, 1.54) is 36.3 Å². The summed E-state index contributed by atoms with van der Waals surface area (Å²) in [5.74, 6) is -0.654. The summed E-state index contributed by atoms with van der Waals surface area (Å²) in [6.07, 6.45) is 0. The summed E-state index contributed by atoms with van der Waals surface area (Å²) in [4.78, 5) is 25.4. The number of primary amides is 1. The standard InChI is InChI=1S/C19H21FN2O4/c1-12(13-4-6-14(20)7-5-13)22(2)18(23)11-26-17-9-8-15(25-3)10-16(17)19(21)24/h4-10,12H,11H2,1-3H3,(H2,21,24). The van der Waals surface area contributed by atoms with Crippen molar-refractivity contribution in [2.24, 2.45) is 5.73 Å². The van der Waals surface area contributed by atoms with Crippen LogP contribution in [0.25, 0.3) is 0 Å². The molecular weight excluding hydrogens is 339 g/mol. The molecule has 1 unspecified atom stereocenters. The van der Waals surface area contributed by atoms with E-state index in [-0.39, 0.29) is 35.7 Å². The second-order valence-corrected chi connectivity index (χ2v) is 5.75. The van der Waals surface area contributed by atoms with Gasteiger partial charge in [0, 0.05) is 7.05 Å². The first kappa shape index (κ1) is 19.2. The molecule has 2 rings (SSSR count). The number of nitrogens with two attached hydrogens (primary N) is 1. The summed E-state index contributed by atoms with van der Waals surface area (Å²) in [5, 5.41) is 0. The van der Waals surface area contributed by atoms with Crippen LogP contribution in [0.2, 0.25) is 0 Å². The van der Waals surface area contributed by atoms with Crippen molar-refractivity contribution in [3.8, 4) is 11.5 Å². The number of methoxy groups -OCH3 is 1. The molecule has 1 atom stereocenters. The van der Waals surface area contributed by atoms with Crippen LogP contribution in [-0.2, 0) is 4.79 Å². The summed E-state index contributed by atoms with van der Waals surface area (Å²) < 4.78 is 23.6. The fourth-order valence-corrected chi connectivity index (χ4v) is 2.38. The lowest BCUT2D eigenvalue weighted by atomic mass is 10.1. The Hall–Kier alpha value is -3.09. The molecule has 0 spiro atoms. The van der Waals surface area contributed by atoms with E-state index in [1.807, 2.05) is 6.92 Å². The second-order valence-electron chi connectivity index (χ2n) is 5.75. The van der Waals surface area contributed by atoms with Crippen molar-refractivity contribution in [1.82, 2.24) is 4.90 Å². The highest BCUT2D eigenvalue weighted by molar-refractivity contribution is 5.96. The van der Waals surface area contributed by atoms with Gasteiger partial charge in [0.15, 0.2) is 6.61 Å². The number of nitrogens with zero attached hydrogens (tertiary/aromatic N) is 1. The maximum atomic E-state index is 13.0. The SMILES string of the molecule is COc1ccc(OCC(=O)N(C)C(C)c2ccc(F)cc2)c(C(N)=O)c1. The van der Waals surface area contributed by atoms with E-state index in [0.29, 0.717) is 5.75 Å². The van der Waals surface area contributed by atoms with Crippen LogP contribution in [0.4, 0.5) is 4.39 Å². The molecule has 0 aliphatic heterocycles. The number of carbonyl (C=O) groups excluding carboxylic acids is 2. The third-order valence-corrected chi connectivity index (χ3v) is 4.13. The van der Waals surface area contributed by atoms with Crippen molar-refractivity contribution in [3.63, 3.8) is 0 Å². The molecule has 0 aromatic heterocycles. The van der Waals surface area contributed by atoms with Gasteiger partial charge in [-0.1, -0.05) is 12.1 Å². The molecule has 7 heteroatoms. The Kier molecular flexibility index (Phi) is 6.16. The van der Waals surface area contributed by atoms with Crippen LogP contribution >= 0.6 is 0 Å². The van der Waals surface area contributed by atoms with Gasteiger partial charge >= 0.3 is 0 Å². The molecule has 138 valence electrons. The Morgan fingerprint density at radius 1 is 1.19 bits per heavy atom. The van der Waals surface area contributed by atoms with Crippen molar-refractivity contribution in [3.05, 3.63) is 59.4 Å². The lowest BCUT2D eigenvalue weighted by molar-refractivity contribution is -0.134. The van der Waals surface area contributed by atoms with Gasteiger partial charge in [0.2, 0.25) is 0 Å². The van der Waals surface area contributed by atoms with E-state index in [9.17, 15) is 14.0 Å². The van der Waals surface area contributed by atoms with Crippen molar-refractivity contribution in [2.75, 3.05) is 20.8 Å². The predicted molar refractivity (Wildman–Crippen MR) is 94.6 cm³/mol. The Morgan fingerprint density at radius 2 is 1.85 bits per heavy atom. The van der Waals surface area contributed by atoms with Crippen molar-refractivity contribution in [2.45, 2.75) is 13.0 Å². The molecular formula is C19H21FN2O4. The number of carbonyl (C=O) groups is 2. The van der Waals surface area contributed by atoms with Gasteiger partial charge in [0.25, 0.3) is 11.8 Å². The Labute approximate surface area is 151 Å². The Morgan fingerprint density at radius 3 is 2.42 bits per heavy atom. The first-order valence-electron chi connectivity index (χ1n) is 7.95. The van der Waals surface area contributed by atoms with Gasteiger partial charge in [-0.2, -0.15) is 0 Å². The van der Waals surface area contributed by atoms with Gasteiger partial charge in [-0.25, -0.2) is 4.39 Å². The molecule has 2 N–H and O–H groups in total. The third kappa shape index (κ3) is 4.50. The number of amides is 2. The summed E-state index contributed by atoms with van der Waals surface area (Å²) in [5.41, 5.74) is 6.27. The quantitative estimate of drug-likeness (QED) is 0.823. The molecule has 2 aromatic carbocycles. The molecule has 26 heavy (non-hydrogen) atoms. The Balaban J connectivity index is 2.06. The molecule has 0 fully saturated rings. The molecule has 0 heterocycles. The van der Waals surface area contributed by atoms with E-state index >= 15 is 0 Å². The minimum atomic E-state index is -0.681. The van der Waals surface area contributed by atoms with Crippen molar-refractivity contribution < 1.29 is 23.5 Å². The van der Waals surface area contributed by atoms with Crippen LogP contribution < -0.4 is 15.2 Å². The molecule has 0 aliphatic carbocycles. The molecule has 0 aliphatic rings. The van der Waals surface area contributed by atoms with E-state index in [1.54, 1.807) is 25.2 Å². The molecule has 0 saturated carbocycles. The number of benzene rings is 2. The number of ether oxygens (including phenoxy) is 2. The summed E-state index contributed by atoms with van der Waals surface area (Å²) >= 11 is 0. The predicted octanol–water partition coefficient (Wildman–Crippen LogP) is 2.53. The topological polar surface area (TPSA) is 81.9 Å². The molecule has 6 nitrogen and oxygen atoms in total. The zero-order valence-corrected chi connectivity index (χ0v) is 14.9. The number of hydrogen-bond donors (Lipinski definition) is 1. The molecule has 2 amide bonds. The number of rotatable bonds is 7. The monoisotopic (exact) mass is 360 g/mol. The first-order valence-corrected chi connectivity index (χ1v) is 7.95. The minimum Gasteiger partial charge on any atom is -0.497 e.